The van der Waals surface area contributed by atoms with E-state index in [0.717, 1.165) is 4.90 Å². The summed E-state index contributed by atoms with van der Waals surface area (Å²) in [4.78, 5) is 24.1. The number of rotatable bonds is 3. The molecule has 1 saturated heterocycles. The van der Waals surface area contributed by atoms with Crippen LogP contribution in [-0.4, -0.2) is 35.7 Å². The van der Waals surface area contributed by atoms with Crippen molar-refractivity contribution in [1.82, 2.24) is 4.90 Å². The van der Waals surface area contributed by atoms with Gasteiger partial charge in [-0.1, -0.05) is 20.8 Å². The maximum absolute atomic E-state index is 12.2. The largest absolute Gasteiger partial charge is 0.447 e. The van der Waals surface area contributed by atoms with E-state index in [9.17, 15) is 22.8 Å². The molecule has 4 nitrogen and oxygen atoms in total. The summed E-state index contributed by atoms with van der Waals surface area (Å²) in [6, 6.07) is -0.485. The number of carbonyl (C=O) groups is 2. The van der Waals surface area contributed by atoms with Crippen LogP contribution in [0.3, 0.4) is 0 Å². The number of hydrogen-bond donors (Lipinski definition) is 0. The highest BCUT2D eigenvalue weighted by atomic mass is 19.4. The van der Waals surface area contributed by atoms with Gasteiger partial charge in [-0.25, -0.2) is 9.69 Å². The Balaban J connectivity index is 2.78. The van der Waals surface area contributed by atoms with Crippen molar-refractivity contribution in [3.8, 4) is 0 Å². The molecule has 0 bridgehead atoms. The molecule has 1 heterocycles. The third kappa shape index (κ3) is 3.36. The lowest BCUT2D eigenvalue weighted by atomic mass is 10.0. The maximum Gasteiger partial charge on any atom is 0.416 e. The molecule has 0 aromatic carbocycles. The third-order valence-corrected chi connectivity index (χ3v) is 2.87. The highest BCUT2D eigenvalue weighted by Crippen LogP contribution is 2.28. The van der Waals surface area contributed by atoms with Gasteiger partial charge in [0.15, 0.2) is 0 Å². The van der Waals surface area contributed by atoms with Gasteiger partial charge in [0.05, 0.1) is 12.5 Å². The minimum Gasteiger partial charge on any atom is -0.447 e. The molecule has 1 fully saturated rings. The van der Waals surface area contributed by atoms with E-state index < -0.39 is 36.6 Å². The summed E-state index contributed by atoms with van der Waals surface area (Å²) in [7, 11) is 0. The maximum atomic E-state index is 12.2. The smallest absolute Gasteiger partial charge is 0.416 e. The van der Waals surface area contributed by atoms with Crippen LogP contribution in [0.1, 0.15) is 27.2 Å². The first-order valence-electron chi connectivity index (χ1n) is 5.70. The lowest BCUT2D eigenvalue weighted by Crippen LogP contribution is -2.45. The average Bonchev–Trinajstić information content (AvgIpc) is 2.56. The van der Waals surface area contributed by atoms with Gasteiger partial charge in [0, 0.05) is 5.92 Å². The fraction of sp³-hybridized carbons (Fsp3) is 0.818. The molecule has 0 unspecified atom stereocenters. The molecule has 1 aliphatic heterocycles. The molecule has 1 aliphatic rings. The van der Waals surface area contributed by atoms with Gasteiger partial charge in [-0.15, -0.1) is 0 Å². The van der Waals surface area contributed by atoms with Crippen molar-refractivity contribution in [3.05, 3.63) is 0 Å². The normalized spacial score (nSPS) is 22.3. The summed E-state index contributed by atoms with van der Waals surface area (Å²) in [6.07, 6.45) is -6.51. The highest BCUT2D eigenvalue weighted by molar-refractivity contribution is 5.94. The fourth-order valence-electron chi connectivity index (χ4n) is 1.85. The van der Waals surface area contributed by atoms with Crippen molar-refractivity contribution in [2.75, 3.05) is 6.61 Å². The van der Waals surface area contributed by atoms with E-state index in [2.05, 4.69) is 0 Å². The van der Waals surface area contributed by atoms with Crippen LogP contribution >= 0.6 is 0 Å². The number of cyclic esters (lactones) is 1. The van der Waals surface area contributed by atoms with Crippen LogP contribution in [0.2, 0.25) is 0 Å². The standard InChI is InChI=1S/C11H16F3NO3/c1-6(2)8-5-18-10(17)15(8)9(16)7(3)4-11(12,13)14/h6-8H,4-5H2,1-3H3/t7-,8-/m1/s1. The number of hydrogen-bond acceptors (Lipinski definition) is 3. The Morgan fingerprint density at radius 2 is 2.00 bits per heavy atom. The number of carbonyl (C=O) groups excluding carboxylic acids is 2. The molecule has 0 N–H and O–H groups in total. The molecular formula is C11H16F3NO3. The van der Waals surface area contributed by atoms with Crippen LogP contribution < -0.4 is 0 Å². The highest BCUT2D eigenvalue weighted by Gasteiger charge is 2.43. The van der Waals surface area contributed by atoms with Crippen molar-refractivity contribution in [1.29, 1.82) is 0 Å². The van der Waals surface area contributed by atoms with Crippen molar-refractivity contribution >= 4 is 12.0 Å². The second kappa shape index (κ2) is 5.16. The van der Waals surface area contributed by atoms with E-state index >= 15 is 0 Å². The van der Waals surface area contributed by atoms with Crippen molar-refractivity contribution < 1.29 is 27.5 Å². The Morgan fingerprint density at radius 3 is 2.44 bits per heavy atom. The number of halogens is 3. The second-order valence-corrected chi connectivity index (χ2v) is 4.82. The number of ether oxygens (including phenoxy) is 1. The molecule has 104 valence electrons. The molecular weight excluding hydrogens is 251 g/mol. The molecule has 2 amide bonds. The fourth-order valence-corrected chi connectivity index (χ4v) is 1.85. The molecule has 1 rings (SSSR count). The van der Waals surface area contributed by atoms with E-state index in [1.54, 1.807) is 13.8 Å². The Bertz CT molecular complexity index is 341. The Morgan fingerprint density at radius 1 is 1.44 bits per heavy atom. The summed E-state index contributed by atoms with van der Waals surface area (Å²) in [6.45, 7) is 4.77. The van der Waals surface area contributed by atoms with E-state index in [1.165, 1.54) is 6.92 Å². The van der Waals surface area contributed by atoms with Gasteiger partial charge in [-0.05, 0) is 5.92 Å². The lowest BCUT2D eigenvalue weighted by molar-refractivity contribution is -0.157. The zero-order valence-electron chi connectivity index (χ0n) is 10.5. The quantitative estimate of drug-likeness (QED) is 0.789. The molecule has 0 aliphatic carbocycles. The third-order valence-electron chi connectivity index (χ3n) is 2.87. The summed E-state index contributed by atoms with van der Waals surface area (Å²) in [5.41, 5.74) is 0. The monoisotopic (exact) mass is 267 g/mol. The van der Waals surface area contributed by atoms with Crippen LogP contribution in [0.4, 0.5) is 18.0 Å². The molecule has 2 atom stereocenters. The van der Waals surface area contributed by atoms with Crippen molar-refractivity contribution in [2.45, 2.75) is 39.4 Å². The van der Waals surface area contributed by atoms with Gasteiger partial charge in [0.2, 0.25) is 5.91 Å². The van der Waals surface area contributed by atoms with E-state index in [4.69, 9.17) is 4.74 Å². The van der Waals surface area contributed by atoms with Crippen LogP contribution in [0.25, 0.3) is 0 Å². The first kappa shape index (κ1) is 14.8. The summed E-state index contributed by atoms with van der Waals surface area (Å²) >= 11 is 0. The SMILES string of the molecule is CC(C)[C@H]1COC(=O)N1C(=O)[C@H](C)CC(F)(F)F. The average molecular weight is 267 g/mol. The van der Waals surface area contributed by atoms with Gasteiger partial charge < -0.3 is 4.74 Å². The molecule has 0 saturated carbocycles. The van der Waals surface area contributed by atoms with Crippen LogP contribution in [-0.2, 0) is 9.53 Å². The predicted molar refractivity (Wildman–Crippen MR) is 56.7 cm³/mol. The molecule has 0 spiro atoms. The van der Waals surface area contributed by atoms with Crippen LogP contribution in [0.5, 0.6) is 0 Å². The Labute approximate surface area is 103 Å². The molecule has 7 heteroatoms. The molecule has 0 aromatic rings. The molecule has 18 heavy (non-hydrogen) atoms. The van der Waals surface area contributed by atoms with Crippen LogP contribution in [0.15, 0.2) is 0 Å². The molecule has 0 aromatic heterocycles. The first-order valence-corrected chi connectivity index (χ1v) is 5.70. The second-order valence-electron chi connectivity index (χ2n) is 4.82. The zero-order chi connectivity index (χ0) is 14.1. The predicted octanol–water partition coefficient (Wildman–Crippen LogP) is 2.58. The van der Waals surface area contributed by atoms with E-state index in [0.29, 0.717) is 0 Å². The van der Waals surface area contributed by atoms with Crippen LogP contribution in [0, 0.1) is 11.8 Å². The van der Waals surface area contributed by atoms with E-state index in [-0.39, 0.29) is 12.5 Å². The minimum absolute atomic E-state index is 0.0426. The van der Waals surface area contributed by atoms with Gasteiger partial charge in [-0.2, -0.15) is 13.2 Å². The first-order chi connectivity index (χ1) is 8.13. The molecule has 0 radical (unpaired) electrons. The van der Waals surface area contributed by atoms with E-state index in [1.807, 2.05) is 0 Å². The number of alkyl halides is 3. The van der Waals surface area contributed by atoms with Gasteiger partial charge >= 0.3 is 12.3 Å². The zero-order valence-corrected chi connectivity index (χ0v) is 10.5. The minimum atomic E-state index is -4.42. The number of imide groups is 1. The summed E-state index contributed by atoms with van der Waals surface area (Å²) < 4.78 is 41.4. The topological polar surface area (TPSA) is 46.6 Å². The number of amides is 2. The van der Waals surface area contributed by atoms with Crippen molar-refractivity contribution in [3.63, 3.8) is 0 Å². The number of nitrogens with zero attached hydrogens (tertiary/aromatic N) is 1. The Hall–Kier alpha value is -1.27. The summed E-state index contributed by atoms with van der Waals surface area (Å²) in [5.74, 6) is -2.16. The lowest BCUT2D eigenvalue weighted by Gasteiger charge is -2.25. The Kier molecular flexibility index (Phi) is 4.24. The summed E-state index contributed by atoms with van der Waals surface area (Å²) in [5, 5.41) is 0. The van der Waals surface area contributed by atoms with Gasteiger partial charge in [0.1, 0.15) is 6.61 Å². The van der Waals surface area contributed by atoms with Gasteiger partial charge in [-0.3, -0.25) is 4.79 Å². The van der Waals surface area contributed by atoms with Gasteiger partial charge in [0.25, 0.3) is 0 Å². The van der Waals surface area contributed by atoms with Crippen molar-refractivity contribution in [2.24, 2.45) is 11.8 Å².